The number of halogens is 2. The van der Waals surface area contributed by atoms with Crippen LogP contribution in [0.25, 0.3) is 0 Å². The van der Waals surface area contributed by atoms with Crippen molar-refractivity contribution in [1.29, 1.82) is 0 Å². The first kappa shape index (κ1) is 18.2. The van der Waals surface area contributed by atoms with Crippen molar-refractivity contribution in [3.63, 3.8) is 0 Å². The minimum absolute atomic E-state index is 0.0241. The summed E-state index contributed by atoms with van der Waals surface area (Å²) in [5.41, 5.74) is 0.428. The van der Waals surface area contributed by atoms with E-state index in [1.165, 1.54) is 19.2 Å². The summed E-state index contributed by atoms with van der Waals surface area (Å²) in [5.74, 6) is 5.05. The lowest BCUT2D eigenvalue weighted by Gasteiger charge is -2.10. The molecular formula is C13H15Cl2NO4S. The molecular weight excluding hydrogens is 337 g/mol. The van der Waals surface area contributed by atoms with Crippen LogP contribution in [-0.2, 0) is 14.8 Å². The van der Waals surface area contributed by atoms with Crippen LogP contribution in [0.2, 0.25) is 10.0 Å². The minimum atomic E-state index is -3.81. The van der Waals surface area contributed by atoms with E-state index in [1.807, 2.05) is 0 Å². The maximum absolute atomic E-state index is 12.2. The Kier molecular flexibility index (Phi) is 7.46. The van der Waals surface area contributed by atoms with E-state index in [0.29, 0.717) is 18.6 Å². The molecule has 5 nitrogen and oxygen atoms in total. The number of aliphatic hydroxyl groups excluding tert-OH is 1. The lowest BCUT2D eigenvalue weighted by molar-refractivity contribution is 0.196. The second-order valence-corrected chi connectivity index (χ2v) is 6.49. The van der Waals surface area contributed by atoms with Gasteiger partial charge in [0.25, 0.3) is 0 Å². The molecule has 0 bridgehead atoms. The Morgan fingerprint density at radius 1 is 1.33 bits per heavy atom. The monoisotopic (exact) mass is 351 g/mol. The average Bonchev–Trinajstić information content (AvgIpc) is 2.40. The van der Waals surface area contributed by atoms with Gasteiger partial charge in [0.2, 0.25) is 10.0 Å². The number of sulfonamides is 1. The SMILES string of the molecule is COCCCNS(=O)(=O)c1c(Cl)cc(C#CCO)cc1Cl. The lowest BCUT2D eigenvalue weighted by atomic mass is 10.2. The van der Waals surface area contributed by atoms with Gasteiger partial charge < -0.3 is 9.84 Å². The molecule has 8 heteroatoms. The van der Waals surface area contributed by atoms with Gasteiger partial charge in [-0.1, -0.05) is 35.0 Å². The summed E-state index contributed by atoms with van der Waals surface area (Å²) >= 11 is 12.0. The highest BCUT2D eigenvalue weighted by Crippen LogP contribution is 2.30. The van der Waals surface area contributed by atoms with Crippen LogP contribution in [-0.4, -0.2) is 40.4 Å². The van der Waals surface area contributed by atoms with Gasteiger partial charge in [0.05, 0.1) is 10.0 Å². The Bertz CT molecular complexity index is 627. The molecule has 1 aromatic carbocycles. The van der Waals surface area contributed by atoms with E-state index < -0.39 is 10.0 Å². The smallest absolute Gasteiger partial charge is 0.243 e. The third kappa shape index (κ3) is 5.47. The summed E-state index contributed by atoms with van der Waals surface area (Å²) in [6.45, 7) is 0.352. The Balaban J connectivity index is 3.02. The van der Waals surface area contributed by atoms with Crippen LogP contribution < -0.4 is 4.72 Å². The number of ether oxygens (including phenoxy) is 1. The quantitative estimate of drug-likeness (QED) is 0.603. The fraction of sp³-hybridized carbons (Fsp3) is 0.385. The largest absolute Gasteiger partial charge is 0.385 e. The predicted molar refractivity (Wildman–Crippen MR) is 82.1 cm³/mol. The number of rotatable bonds is 6. The first-order valence-corrected chi connectivity index (χ1v) is 8.23. The Hall–Kier alpha value is -0.810. The van der Waals surface area contributed by atoms with Crippen LogP contribution in [0.15, 0.2) is 17.0 Å². The molecule has 0 aliphatic rings. The summed E-state index contributed by atoms with van der Waals surface area (Å²) in [7, 11) is -2.27. The molecule has 0 aromatic heterocycles. The molecule has 0 saturated heterocycles. The second-order valence-electron chi connectivity index (χ2n) is 3.97. The average molecular weight is 352 g/mol. The third-order valence-corrected chi connectivity index (χ3v) is 4.78. The highest BCUT2D eigenvalue weighted by Gasteiger charge is 2.21. The Morgan fingerprint density at radius 3 is 2.48 bits per heavy atom. The van der Waals surface area contributed by atoms with E-state index in [9.17, 15) is 8.42 Å². The maximum Gasteiger partial charge on any atom is 0.243 e. The van der Waals surface area contributed by atoms with Crippen molar-refractivity contribution < 1.29 is 18.3 Å². The van der Waals surface area contributed by atoms with Gasteiger partial charge in [-0.3, -0.25) is 0 Å². The minimum Gasteiger partial charge on any atom is -0.385 e. The Labute approximate surface area is 134 Å². The molecule has 0 amide bonds. The molecule has 21 heavy (non-hydrogen) atoms. The molecule has 2 N–H and O–H groups in total. The molecule has 0 saturated carbocycles. The van der Waals surface area contributed by atoms with E-state index in [4.69, 9.17) is 33.0 Å². The van der Waals surface area contributed by atoms with Crippen LogP contribution in [0, 0.1) is 11.8 Å². The molecule has 0 unspecified atom stereocenters. The van der Waals surface area contributed by atoms with Crippen molar-refractivity contribution >= 4 is 33.2 Å². The molecule has 0 heterocycles. The predicted octanol–water partition coefficient (Wildman–Crippen LogP) is 1.65. The fourth-order valence-electron chi connectivity index (χ4n) is 1.53. The van der Waals surface area contributed by atoms with Gasteiger partial charge in [-0.25, -0.2) is 13.1 Å². The lowest BCUT2D eigenvalue weighted by Crippen LogP contribution is -2.26. The number of aliphatic hydroxyl groups is 1. The van der Waals surface area contributed by atoms with E-state index in [1.54, 1.807) is 0 Å². The first-order chi connectivity index (χ1) is 9.92. The van der Waals surface area contributed by atoms with Crippen LogP contribution in [0.4, 0.5) is 0 Å². The van der Waals surface area contributed by atoms with Crippen molar-refractivity contribution in [2.45, 2.75) is 11.3 Å². The number of hydrogen-bond acceptors (Lipinski definition) is 4. The van der Waals surface area contributed by atoms with Crippen LogP contribution in [0.5, 0.6) is 0 Å². The van der Waals surface area contributed by atoms with E-state index >= 15 is 0 Å². The van der Waals surface area contributed by atoms with Gasteiger partial charge in [0.1, 0.15) is 11.5 Å². The number of benzene rings is 1. The van der Waals surface area contributed by atoms with Crippen molar-refractivity contribution in [3.05, 3.63) is 27.7 Å². The van der Waals surface area contributed by atoms with Gasteiger partial charge in [-0.05, 0) is 18.6 Å². The van der Waals surface area contributed by atoms with Crippen LogP contribution in [0.1, 0.15) is 12.0 Å². The molecule has 116 valence electrons. The summed E-state index contributed by atoms with van der Waals surface area (Å²) in [5, 5.41) is 8.59. The zero-order valence-electron chi connectivity index (χ0n) is 11.3. The molecule has 0 fully saturated rings. The highest BCUT2D eigenvalue weighted by molar-refractivity contribution is 7.89. The second kappa shape index (κ2) is 8.59. The number of methoxy groups -OCH3 is 1. The molecule has 0 spiro atoms. The topological polar surface area (TPSA) is 75.6 Å². The van der Waals surface area contributed by atoms with Gasteiger partial charge >= 0.3 is 0 Å². The number of nitrogens with one attached hydrogen (secondary N) is 1. The Morgan fingerprint density at radius 2 is 1.95 bits per heavy atom. The fourth-order valence-corrected chi connectivity index (χ4v) is 3.81. The summed E-state index contributed by atoms with van der Waals surface area (Å²) in [4.78, 5) is -0.183. The zero-order valence-corrected chi connectivity index (χ0v) is 13.6. The molecule has 0 radical (unpaired) electrons. The van der Waals surface area contributed by atoms with Crippen LogP contribution >= 0.6 is 23.2 Å². The first-order valence-electron chi connectivity index (χ1n) is 5.99. The van der Waals surface area contributed by atoms with Gasteiger partial charge in [-0.15, -0.1) is 0 Å². The highest BCUT2D eigenvalue weighted by atomic mass is 35.5. The van der Waals surface area contributed by atoms with E-state index in [2.05, 4.69) is 16.6 Å². The molecule has 0 aliphatic heterocycles. The van der Waals surface area contributed by atoms with Crippen LogP contribution in [0.3, 0.4) is 0 Å². The third-order valence-electron chi connectivity index (χ3n) is 2.40. The molecule has 1 aromatic rings. The molecule has 0 aliphatic carbocycles. The normalized spacial score (nSPS) is 11.0. The molecule has 0 atom stereocenters. The molecule has 1 rings (SSSR count). The standard InChI is InChI=1S/C13H15Cl2NO4S/c1-20-7-3-5-16-21(18,19)13-11(14)8-10(4-2-6-17)9-12(13)15/h8-9,16-17H,3,5-7H2,1H3. The summed E-state index contributed by atoms with van der Waals surface area (Å²) in [6, 6.07) is 2.78. The maximum atomic E-state index is 12.2. The van der Waals surface area contributed by atoms with Crippen molar-refractivity contribution in [2.75, 3.05) is 26.9 Å². The van der Waals surface area contributed by atoms with Crippen molar-refractivity contribution in [1.82, 2.24) is 4.72 Å². The van der Waals surface area contributed by atoms with Gasteiger partial charge in [0, 0.05) is 25.8 Å². The zero-order chi connectivity index (χ0) is 15.9. The van der Waals surface area contributed by atoms with Gasteiger partial charge in [-0.2, -0.15) is 0 Å². The van der Waals surface area contributed by atoms with Crippen molar-refractivity contribution in [2.24, 2.45) is 0 Å². The van der Waals surface area contributed by atoms with Crippen molar-refractivity contribution in [3.8, 4) is 11.8 Å². The van der Waals surface area contributed by atoms with E-state index in [0.717, 1.165) is 0 Å². The summed E-state index contributed by atoms with van der Waals surface area (Å²) in [6.07, 6.45) is 0.533. The summed E-state index contributed by atoms with van der Waals surface area (Å²) < 4.78 is 31.6. The van der Waals surface area contributed by atoms with E-state index in [-0.39, 0.29) is 28.1 Å². The van der Waals surface area contributed by atoms with Gasteiger partial charge in [0.15, 0.2) is 0 Å². The number of hydrogen-bond donors (Lipinski definition) is 2.